The predicted molar refractivity (Wildman–Crippen MR) is 70.5 cm³/mol. The number of carboxylic acid groups (broad SMARTS) is 1. The Labute approximate surface area is 108 Å². The minimum absolute atomic E-state index is 0.103. The Morgan fingerprint density at radius 2 is 2.22 bits per heavy atom. The van der Waals surface area contributed by atoms with Gasteiger partial charge in [0.2, 0.25) is 5.95 Å². The molecule has 1 unspecified atom stereocenters. The molecule has 0 aliphatic heterocycles. The molecule has 0 aromatic carbocycles. The lowest BCUT2D eigenvalue weighted by Crippen LogP contribution is -2.20. The lowest BCUT2D eigenvalue weighted by Gasteiger charge is -2.17. The van der Waals surface area contributed by atoms with Gasteiger partial charge >= 0.3 is 5.97 Å². The van der Waals surface area contributed by atoms with Gasteiger partial charge in [-0.3, -0.25) is 4.79 Å². The summed E-state index contributed by atoms with van der Waals surface area (Å²) in [5.74, 6) is 0.392. The summed E-state index contributed by atoms with van der Waals surface area (Å²) in [4.78, 5) is 19.1. The average Bonchev–Trinajstić information content (AvgIpc) is 2.24. The van der Waals surface area contributed by atoms with Gasteiger partial charge in [-0.15, -0.1) is 0 Å². The molecule has 1 heterocycles. The quantitative estimate of drug-likeness (QED) is 0.778. The van der Waals surface area contributed by atoms with E-state index < -0.39 is 5.97 Å². The van der Waals surface area contributed by atoms with E-state index in [0.717, 1.165) is 12.1 Å². The lowest BCUT2D eigenvalue weighted by molar-refractivity contribution is -0.138. The fourth-order valence-corrected chi connectivity index (χ4v) is 1.92. The number of carboxylic acids is 1. The van der Waals surface area contributed by atoms with Crippen LogP contribution in [0.2, 0.25) is 0 Å². The van der Waals surface area contributed by atoms with Crippen LogP contribution in [0.15, 0.2) is 12.3 Å². The summed E-state index contributed by atoms with van der Waals surface area (Å²) >= 11 is 0. The molecule has 0 radical (unpaired) electrons. The van der Waals surface area contributed by atoms with Crippen molar-refractivity contribution in [3.8, 4) is 0 Å². The number of aryl methyl sites for hydroxylation is 1. The zero-order chi connectivity index (χ0) is 13.5. The first-order valence-corrected chi connectivity index (χ1v) is 6.22. The molecule has 1 aromatic heterocycles. The number of hydrogen-bond donors (Lipinski definition) is 2. The largest absolute Gasteiger partial charge is 0.481 e. The van der Waals surface area contributed by atoms with E-state index in [1.54, 1.807) is 6.20 Å². The van der Waals surface area contributed by atoms with E-state index in [-0.39, 0.29) is 12.3 Å². The Morgan fingerprint density at radius 1 is 1.50 bits per heavy atom. The topological polar surface area (TPSA) is 75.1 Å². The fraction of sp³-hybridized carbons (Fsp3) is 0.615. The zero-order valence-electron chi connectivity index (χ0n) is 11.2. The van der Waals surface area contributed by atoms with E-state index in [9.17, 15) is 4.79 Å². The second-order valence-electron chi connectivity index (χ2n) is 5.00. The number of nitrogens with zero attached hydrogens (tertiary/aromatic N) is 2. The normalized spacial score (nSPS) is 12.4. The predicted octanol–water partition coefficient (Wildman–Crippen LogP) is 2.33. The molecule has 0 amide bonds. The summed E-state index contributed by atoms with van der Waals surface area (Å²) in [6.07, 6.45) is 2.75. The molecule has 0 saturated carbocycles. The van der Waals surface area contributed by atoms with E-state index >= 15 is 0 Å². The molecule has 1 atom stereocenters. The lowest BCUT2D eigenvalue weighted by atomic mass is 9.94. The summed E-state index contributed by atoms with van der Waals surface area (Å²) in [6, 6.07) is 1.83. The average molecular weight is 251 g/mol. The van der Waals surface area contributed by atoms with E-state index in [1.165, 1.54) is 0 Å². The smallest absolute Gasteiger partial charge is 0.303 e. The van der Waals surface area contributed by atoms with Gasteiger partial charge < -0.3 is 10.4 Å². The Morgan fingerprint density at radius 3 is 2.78 bits per heavy atom. The van der Waals surface area contributed by atoms with Crippen LogP contribution in [0.1, 0.15) is 32.4 Å². The van der Waals surface area contributed by atoms with E-state index in [0.29, 0.717) is 18.4 Å². The maximum Gasteiger partial charge on any atom is 0.303 e. The van der Waals surface area contributed by atoms with Gasteiger partial charge in [0.25, 0.3) is 0 Å². The highest BCUT2D eigenvalue weighted by Gasteiger charge is 2.15. The highest BCUT2D eigenvalue weighted by Crippen LogP contribution is 2.16. The maximum absolute atomic E-state index is 10.8. The zero-order valence-corrected chi connectivity index (χ0v) is 11.2. The van der Waals surface area contributed by atoms with Gasteiger partial charge in [-0.2, -0.15) is 0 Å². The van der Waals surface area contributed by atoms with Crippen molar-refractivity contribution in [2.75, 3.05) is 11.9 Å². The molecular formula is C13H21N3O2. The summed E-state index contributed by atoms with van der Waals surface area (Å²) in [5.41, 5.74) is 0.895. The van der Waals surface area contributed by atoms with Gasteiger partial charge in [-0.05, 0) is 31.2 Å². The van der Waals surface area contributed by atoms with Crippen molar-refractivity contribution in [3.05, 3.63) is 18.0 Å². The summed E-state index contributed by atoms with van der Waals surface area (Å²) in [5, 5.41) is 12.0. The molecule has 1 aromatic rings. The fourth-order valence-electron chi connectivity index (χ4n) is 1.92. The van der Waals surface area contributed by atoms with Gasteiger partial charge in [-0.1, -0.05) is 13.8 Å². The van der Waals surface area contributed by atoms with Crippen molar-refractivity contribution in [2.45, 2.75) is 33.6 Å². The Bertz CT molecular complexity index is 394. The molecule has 0 fully saturated rings. The van der Waals surface area contributed by atoms with Crippen LogP contribution in [0.4, 0.5) is 5.95 Å². The Balaban J connectivity index is 2.52. The number of carbonyl (C=O) groups is 1. The molecule has 0 aliphatic carbocycles. The van der Waals surface area contributed by atoms with Crippen LogP contribution in [-0.2, 0) is 4.79 Å². The molecular weight excluding hydrogens is 230 g/mol. The minimum atomic E-state index is -0.757. The highest BCUT2D eigenvalue weighted by molar-refractivity contribution is 5.67. The minimum Gasteiger partial charge on any atom is -0.481 e. The SMILES string of the molecule is Cc1ccnc(NCC(CC(=O)O)CC(C)C)n1. The van der Waals surface area contributed by atoms with Gasteiger partial charge in [0.05, 0.1) is 0 Å². The van der Waals surface area contributed by atoms with Crippen LogP contribution in [0.5, 0.6) is 0 Å². The van der Waals surface area contributed by atoms with Gasteiger partial charge in [0, 0.05) is 24.9 Å². The number of rotatable bonds is 7. The third kappa shape index (κ3) is 5.61. The van der Waals surface area contributed by atoms with Crippen molar-refractivity contribution in [2.24, 2.45) is 11.8 Å². The molecule has 0 aliphatic rings. The van der Waals surface area contributed by atoms with Gasteiger partial charge in [-0.25, -0.2) is 9.97 Å². The van der Waals surface area contributed by atoms with Crippen molar-refractivity contribution < 1.29 is 9.90 Å². The van der Waals surface area contributed by atoms with Crippen LogP contribution in [-0.4, -0.2) is 27.6 Å². The van der Waals surface area contributed by atoms with E-state index in [4.69, 9.17) is 5.11 Å². The van der Waals surface area contributed by atoms with Crippen molar-refractivity contribution in [1.29, 1.82) is 0 Å². The monoisotopic (exact) mass is 251 g/mol. The maximum atomic E-state index is 10.8. The van der Waals surface area contributed by atoms with Crippen molar-refractivity contribution in [1.82, 2.24) is 9.97 Å². The van der Waals surface area contributed by atoms with Crippen LogP contribution in [0, 0.1) is 18.8 Å². The van der Waals surface area contributed by atoms with Crippen molar-refractivity contribution in [3.63, 3.8) is 0 Å². The summed E-state index contributed by atoms with van der Waals surface area (Å²) < 4.78 is 0. The second kappa shape index (κ2) is 6.93. The molecule has 2 N–H and O–H groups in total. The number of nitrogens with one attached hydrogen (secondary N) is 1. The molecule has 100 valence electrons. The first kappa shape index (κ1) is 14.4. The van der Waals surface area contributed by atoms with Crippen LogP contribution in [0.3, 0.4) is 0 Å². The number of hydrogen-bond acceptors (Lipinski definition) is 4. The Hall–Kier alpha value is -1.65. The number of aromatic nitrogens is 2. The number of anilines is 1. The standard InChI is InChI=1S/C13H21N3O2/c1-9(2)6-11(7-12(17)18)8-15-13-14-5-4-10(3)16-13/h4-5,9,11H,6-8H2,1-3H3,(H,17,18)(H,14,15,16). The first-order valence-electron chi connectivity index (χ1n) is 6.22. The third-order valence-corrected chi connectivity index (χ3v) is 2.61. The molecule has 5 heteroatoms. The molecule has 0 saturated heterocycles. The summed E-state index contributed by atoms with van der Waals surface area (Å²) in [6.45, 7) is 6.68. The molecule has 18 heavy (non-hydrogen) atoms. The Kier molecular flexibility index (Phi) is 5.55. The van der Waals surface area contributed by atoms with Crippen LogP contribution >= 0.6 is 0 Å². The summed E-state index contributed by atoms with van der Waals surface area (Å²) in [7, 11) is 0. The van der Waals surface area contributed by atoms with Crippen LogP contribution < -0.4 is 5.32 Å². The number of aliphatic carboxylic acids is 1. The first-order chi connectivity index (χ1) is 8.47. The highest BCUT2D eigenvalue weighted by atomic mass is 16.4. The van der Waals surface area contributed by atoms with E-state index in [1.807, 2.05) is 13.0 Å². The van der Waals surface area contributed by atoms with Gasteiger partial charge in [0.15, 0.2) is 0 Å². The van der Waals surface area contributed by atoms with E-state index in [2.05, 4.69) is 29.1 Å². The van der Waals surface area contributed by atoms with Crippen molar-refractivity contribution >= 4 is 11.9 Å². The third-order valence-electron chi connectivity index (χ3n) is 2.61. The molecule has 0 bridgehead atoms. The molecule has 0 spiro atoms. The van der Waals surface area contributed by atoms with Gasteiger partial charge in [0.1, 0.15) is 0 Å². The van der Waals surface area contributed by atoms with Crippen LogP contribution in [0.25, 0.3) is 0 Å². The molecule has 5 nitrogen and oxygen atoms in total. The second-order valence-corrected chi connectivity index (χ2v) is 5.00. The molecule has 1 rings (SSSR count).